The molecule has 0 unspecified atom stereocenters. The van der Waals surface area contributed by atoms with Crippen LogP contribution >= 0.6 is 11.3 Å². The van der Waals surface area contributed by atoms with E-state index in [4.69, 9.17) is 19.4 Å². The van der Waals surface area contributed by atoms with Crippen molar-refractivity contribution < 1.29 is 50.2 Å². The van der Waals surface area contributed by atoms with Gasteiger partial charge in [-0.2, -0.15) is 30.9 Å². The molecule has 1 saturated heterocycles. The average Bonchev–Trinajstić information content (AvgIpc) is 3.57. The molecule has 2 aliphatic heterocycles. The molecule has 19 heteroatoms. The summed E-state index contributed by atoms with van der Waals surface area (Å²) in [5, 5.41) is 2.35. The van der Waals surface area contributed by atoms with Gasteiger partial charge in [0.15, 0.2) is 5.78 Å². The highest BCUT2D eigenvalue weighted by Crippen LogP contribution is 2.57. The minimum Gasteiger partial charge on any atom is -0.460 e. The van der Waals surface area contributed by atoms with Gasteiger partial charge in [-0.25, -0.2) is 9.71 Å². The van der Waals surface area contributed by atoms with E-state index in [0.717, 1.165) is 34.8 Å². The Morgan fingerprint density at radius 3 is 2.42 bits per heavy atom. The third-order valence-electron chi connectivity index (χ3n) is 12.4. The molecule has 2 fully saturated rings. The maximum absolute atomic E-state index is 14.8. The molecule has 0 radical (unpaired) electrons. The Hall–Kier alpha value is -5.14. The first-order valence-electron chi connectivity index (χ1n) is 22.2. The van der Waals surface area contributed by atoms with E-state index in [-0.39, 0.29) is 44.3 Å². The molecule has 1 N–H and O–H groups in total. The van der Waals surface area contributed by atoms with E-state index in [1.54, 1.807) is 26.2 Å². The zero-order valence-electron chi connectivity index (χ0n) is 38.2. The van der Waals surface area contributed by atoms with Crippen molar-refractivity contribution in [2.24, 2.45) is 17.3 Å². The SMILES string of the molecule is CC(C)n1c(O[C@@H]2C[C@H]3C(=O)C[C@]4(C(=O)NS(=O)(=O)N(C)C)C[C@H]4/C=C\CCCCC[C@H](CC(=O)OC(C)(C)C)C(=O)N3C2)nc2c(-c3nc(-c4ccc(C(F)(F)F)cc4)cs3)cccc21. The van der Waals surface area contributed by atoms with E-state index in [1.165, 1.54) is 42.5 Å². The number of hydrogen-bond donors (Lipinski definition) is 1. The number of alkyl halides is 3. The van der Waals surface area contributed by atoms with E-state index in [2.05, 4.69) is 4.72 Å². The van der Waals surface area contributed by atoms with Crippen LogP contribution in [0.15, 0.2) is 60.0 Å². The molecule has 3 aliphatic rings. The summed E-state index contributed by atoms with van der Waals surface area (Å²) < 4.78 is 82.8. The number of hydrogen-bond acceptors (Lipinski definition) is 11. The number of rotatable bonds is 10. The number of nitrogens with zero attached hydrogens (tertiary/aromatic N) is 5. The monoisotopic (exact) mass is 954 g/mol. The Morgan fingerprint density at radius 1 is 1.03 bits per heavy atom. The molecule has 1 saturated carbocycles. The molecule has 0 spiro atoms. The number of carbonyl (C=O) groups is 4. The van der Waals surface area contributed by atoms with Crippen LogP contribution in [0, 0.1) is 17.3 Å². The maximum Gasteiger partial charge on any atom is 0.416 e. The van der Waals surface area contributed by atoms with Crippen LogP contribution in [0.25, 0.3) is 32.9 Å². The van der Waals surface area contributed by atoms with Gasteiger partial charge in [-0.05, 0) is 90.5 Å². The Bertz CT molecular complexity index is 2620. The second kappa shape index (κ2) is 18.9. The lowest BCUT2D eigenvalue weighted by atomic mass is 9.90. The lowest BCUT2D eigenvalue weighted by Gasteiger charge is -2.29. The van der Waals surface area contributed by atoms with Crippen LogP contribution in [-0.2, 0) is 40.3 Å². The molecule has 356 valence electrons. The molecule has 66 heavy (non-hydrogen) atoms. The van der Waals surface area contributed by atoms with Crippen LogP contribution in [0.4, 0.5) is 13.2 Å². The number of para-hydroxylation sites is 1. The number of ketones is 1. The number of esters is 1. The lowest BCUT2D eigenvalue weighted by molar-refractivity contribution is -0.159. The second-order valence-electron chi connectivity index (χ2n) is 19.0. The topological polar surface area (TPSA) is 170 Å². The van der Waals surface area contributed by atoms with Crippen molar-refractivity contribution in [3.8, 4) is 27.8 Å². The first-order valence-corrected chi connectivity index (χ1v) is 24.6. The van der Waals surface area contributed by atoms with Crippen molar-refractivity contribution in [2.45, 2.75) is 122 Å². The van der Waals surface area contributed by atoms with Crippen molar-refractivity contribution in [2.75, 3.05) is 20.6 Å². The van der Waals surface area contributed by atoms with Gasteiger partial charge in [-0.3, -0.25) is 23.7 Å². The zero-order valence-corrected chi connectivity index (χ0v) is 39.8. The quantitative estimate of drug-likeness (QED) is 0.120. The number of Topliss-reactive ketones (excluding diaryl/α,β-unsaturated/α-hetero) is 1. The zero-order chi connectivity index (χ0) is 47.9. The smallest absolute Gasteiger partial charge is 0.416 e. The average molecular weight is 955 g/mol. The van der Waals surface area contributed by atoms with Crippen molar-refractivity contribution in [1.82, 2.24) is 28.5 Å². The summed E-state index contributed by atoms with van der Waals surface area (Å²) >= 11 is 1.32. The molecule has 14 nitrogen and oxygen atoms in total. The van der Waals surface area contributed by atoms with E-state index >= 15 is 0 Å². The summed E-state index contributed by atoms with van der Waals surface area (Å²) in [4.78, 5) is 67.9. The van der Waals surface area contributed by atoms with E-state index in [1.807, 2.05) is 48.8 Å². The highest BCUT2D eigenvalue weighted by atomic mass is 32.2. The number of halogens is 3. The number of nitrogens with one attached hydrogen (secondary N) is 1. The number of ether oxygens (including phenoxy) is 2. The molecule has 4 aromatic rings. The van der Waals surface area contributed by atoms with Crippen molar-refractivity contribution in [3.05, 3.63) is 65.6 Å². The van der Waals surface area contributed by atoms with Crippen molar-refractivity contribution in [3.63, 3.8) is 0 Å². The third-order valence-corrected chi connectivity index (χ3v) is 14.7. The third kappa shape index (κ3) is 10.7. The fourth-order valence-electron chi connectivity index (χ4n) is 8.88. The van der Waals surface area contributed by atoms with Gasteiger partial charge in [0.25, 0.3) is 6.01 Å². The molecule has 2 amide bonds. The molecular weight excluding hydrogens is 898 g/mol. The van der Waals surface area contributed by atoms with E-state index in [9.17, 15) is 40.8 Å². The number of aromatic nitrogens is 3. The van der Waals surface area contributed by atoms with E-state index < -0.39 is 80.5 Å². The molecule has 0 bridgehead atoms. The van der Waals surface area contributed by atoms with Crippen LogP contribution in [0.1, 0.15) is 104 Å². The predicted molar refractivity (Wildman–Crippen MR) is 243 cm³/mol. The number of benzene rings is 2. The van der Waals surface area contributed by atoms with Gasteiger partial charge in [-0.15, -0.1) is 11.3 Å². The first kappa shape index (κ1) is 48.8. The fourth-order valence-corrected chi connectivity index (χ4v) is 10.4. The van der Waals surface area contributed by atoms with Crippen LogP contribution in [0.3, 0.4) is 0 Å². The van der Waals surface area contributed by atoms with Gasteiger partial charge < -0.3 is 14.4 Å². The van der Waals surface area contributed by atoms with Gasteiger partial charge in [0.2, 0.25) is 11.8 Å². The maximum atomic E-state index is 14.8. The minimum absolute atomic E-state index is 0.0330. The largest absolute Gasteiger partial charge is 0.460 e. The molecule has 1 aliphatic carbocycles. The van der Waals surface area contributed by atoms with Gasteiger partial charge in [0.1, 0.15) is 22.2 Å². The summed E-state index contributed by atoms with van der Waals surface area (Å²) in [5.74, 6) is -3.37. The standard InChI is InChI=1S/C47H57F3N6O8S2/c1-28(2)56-36-17-13-16-34(41-51-35(27-65-41)29-18-20-31(21-19-29)47(48,49)50)40(36)52-44(56)63-33-23-37-38(57)25-46(43(60)53-66(61,62)54(6)7)24-32(46)15-12-10-8-9-11-14-30(42(59)55(37)26-33)22-39(58)64-45(3,4)5/h12-13,15-21,27-28,30,32-33,37H,8-11,14,22-26H2,1-7H3,(H,53,60)/b15-12-/t30-,32-,33-,37+,46-/m1/s1. The van der Waals surface area contributed by atoms with Gasteiger partial charge in [0, 0.05) is 55.4 Å². The van der Waals surface area contributed by atoms with Crippen LogP contribution in [-0.4, -0.2) is 94.1 Å². The molecule has 7 rings (SSSR count). The predicted octanol–water partition coefficient (Wildman–Crippen LogP) is 8.53. The normalized spacial score (nSPS) is 23.8. The number of amides is 2. The van der Waals surface area contributed by atoms with Gasteiger partial charge >= 0.3 is 22.4 Å². The summed E-state index contributed by atoms with van der Waals surface area (Å²) in [6, 6.07) is 9.38. The number of imidazole rings is 1. The molecule has 5 atom stereocenters. The highest BCUT2D eigenvalue weighted by Gasteiger charge is 2.61. The highest BCUT2D eigenvalue weighted by molar-refractivity contribution is 7.87. The Morgan fingerprint density at radius 2 is 1.76 bits per heavy atom. The number of carbonyl (C=O) groups excluding carboxylic acids is 4. The van der Waals surface area contributed by atoms with Crippen LogP contribution in [0.2, 0.25) is 0 Å². The fraction of sp³-hybridized carbons (Fsp3) is 0.532. The van der Waals surface area contributed by atoms with Crippen molar-refractivity contribution in [1.29, 1.82) is 0 Å². The van der Waals surface area contributed by atoms with E-state index in [0.29, 0.717) is 46.6 Å². The second-order valence-corrected chi connectivity index (χ2v) is 21.8. The summed E-state index contributed by atoms with van der Waals surface area (Å²) in [6.07, 6.45) is 1.63. The van der Waals surface area contributed by atoms with Crippen LogP contribution in [0.5, 0.6) is 6.01 Å². The van der Waals surface area contributed by atoms with Crippen molar-refractivity contribution >= 4 is 56.1 Å². The minimum atomic E-state index is -4.47. The Labute approximate surface area is 387 Å². The van der Waals surface area contributed by atoms with Crippen LogP contribution < -0.4 is 9.46 Å². The molecule has 2 aromatic heterocycles. The summed E-state index contributed by atoms with van der Waals surface area (Å²) in [7, 11) is -1.59. The lowest BCUT2D eigenvalue weighted by Crippen LogP contribution is -2.47. The molecule has 2 aromatic carbocycles. The molecule has 4 heterocycles. The number of fused-ring (bicyclic) bond motifs is 3. The number of thiazole rings is 1. The summed E-state index contributed by atoms with van der Waals surface area (Å²) in [6.45, 7) is 9.14. The first-order chi connectivity index (χ1) is 31.0. The Balaban J connectivity index is 1.22. The Kier molecular flexibility index (Phi) is 13.9. The number of allylic oxidation sites excluding steroid dienone is 2. The van der Waals surface area contributed by atoms with Gasteiger partial charge in [-0.1, -0.05) is 43.2 Å². The molecular formula is C47H57F3N6O8S2. The summed E-state index contributed by atoms with van der Waals surface area (Å²) in [5.41, 5.74) is 0.0641. The van der Waals surface area contributed by atoms with Gasteiger partial charge in [0.05, 0.1) is 41.2 Å².